The smallest absolute Gasteiger partial charge is 0.222 e. The molecule has 1 amide bonds. The minimum atomic E-state index is 0.0414. The second kappa shape index (κ2) is 7.43. The van der Waals surface area contributed by atoms with E-state index in [1.165, 1.54) is 11.3 Å². The Hall–Kier alpha value is -1.36. The van der Waals surface area contributed by atoms with Crippen molar-refractivity contribution in [1.82, 2.24) is 20.4 Å². The van der Waals surface area contributed by atoms with E-state index in [9.17, 15) is 4.79 Å². The Morgan fingerprint density at radius 2 is 1.90 bits per heavy atom. The molecule has 20 heavy (non-hydrogen) atoms. The molecular formula is C15H28N4O. The molecule has 0 aliphatic rings. The number of aromatic nitrogens is 2. The van der Waals surface area contributed by atoms with E-state index in [1.54, 1.807) is 0 Å². The third-order valence-corrected chi connectivity index (χ3v) is 3.57. The molecule has 2 N–H and O–H groups in total. The van der Waals surface area contributed by atoms with Gasteiger partial charge in [-0.15, -0.1) is 0 Å². The molecule has 1 heterocycles. The number of nitrogens with zero attached hydrogens (tertiary/aromatic N) is 2. The first-order chi connectivity index (χ1) is 9.38. The molecule has 0 saturated heterocycles. The zero-order valence-corrected chi connectivity index (χ0v) is 13.6. The van der Waals surface area contributed by atoms with Crippen LogP contribution < -0.4 is 10.6 Å². The van der Waals surface area contributed by atoms with Crippen molar-refractivity contribution in [3.05, 3.63) is 17.0 Å². The molecular weight excluding hydrogens is 252 g/mol. The van der Waals surface area contributed by atoms with Crippen LogP contribution in [0.4, 0.5) is 0 Å². The predicted molar refractivity (Wildman–Crippen MR) is 81.6 cm³/mol. The largest absolute Gasteiger partial charge is 0.355 e. The number of carbonyl (C=O) groups excluding carboxylic acids is 1. The summed E-state index contributed by atoms with van der Waals surface area (Å²) in [5, 5.41) is 10.9. The van der Waals surface area contributed by atoms with Gasteiger partial charge in [0.15, 0.2) is 0 Å². The number of amides is 1. The van der Waals surface area contributed by atoms with Gasteiger partial charge in [0.25, 0.3) is 0 Å². The summed E-state index contributed by atoms with van der Waals surface area (Å²) in [5.41, 5.74) is 3.56. The highest BCUT2D eigenvalue weighted by Gasteiger charge is 2.16. The Labute approximate surface area is 122 Å². The summed E-state index contributed by atoms with van der Waals surface area (Å²) in [4.78, 5) is 11.5. The summed E-state index contributed by atoms with van der Waals surface area (Å²) in [7, 11) is 0. The van der Waals surface area contributed by atoms with Crippen molar-refractivity contribution in [2.75, 3.05) is 13.1 Å². The number of nitrogens with one attached hydrogen (secondary N) is 2. The molecule has 0 fully saturated rings. The third kappa shape index (κ3) is 4.07. The van der Waals surface area contributed by atoms with E-state index in [1.807, 2.05) is 25.5 Å². The topological polar surface area (TPSA) is 59.0 Å². The highest BCUT2D eigenvalue weighted by molar-refractivity contribution is 5.77. The molecule has 114 valence electrons. The van der Waals surface area contributed by atoms with Gasteiger partial charge in [0.05, 0.1) is 5.69 Å². The number of aryl methyl sites for hydroxylation is 2. The molecule has 5 heteroatoms. The van der Waals surface area contributed by atoms with Crippen molar-refractivity contribution in [3.63, 3.8) is 0 Å². The maximum Gasteiger partial charge on any atom is 0.222 e. The molecule has 0 radical (unpaired) electrons. The van der Waals surface area contributed by atoms with Crippen LogP contribution >= 0.6 is 0 Å². The first-order valence-electron chi connectivity index (χ1n) is 7.43. The molecule has 1 aromatic rings. The lowest BCUT2D eigenvalue weighted by atomic mass is 10.1. The van der Waals surface area contributed by atoms with Crippen molar-refractivity contribution in [1.29, 1.82) is 0 Å². The van der Waals surface area contributed by atoms with Gasteiger partial charge in [0.1, 0.15) is 0 Å². The van der Waals surface area contributed by atoms with Crippen LogP contribution in [0.15, 0.2) is 0 Å². The molecule has 0 spiro atoms. The van der Waals surface area contributed by atoms with Crippen molar-refractivity contribution >= 4 is 5.91 Å². The fourth-order valence-electron chi connectivity index (χ4n) is 2.43. The van der Waals surface area contributed by atoms with Crippen LogP contribution in [0.3, 0.4) is 0 Å². The van der Waals surface area contributed by atoms with Crippen LogP contribution in [-0.4, -0.2) is 28.8 Å². The number of carbonyl (C=O) groups is 1. The van der Waals surface area contributed by atoms with Gasteiger partial charge in [0, 0.05) is 42.9 Å². The second-order valence-corrected chi connectivity index (χ2v) is 5.52. The highest BCUT2D eigenvalue weighted by Crippen LogP contribution is 2.20. The molecule has 0 aliphatic carbocycles. The van der Waals surface area contributed by atoms with E-state index in [-0.39, 0.29) is 17.9 Å². The number of hydrogen-bond donors (Lipinski definition) is 2. The van der Waals surface area contributed by atoms with E-state index >= 15 is 0 Å². The van der Waals surface area contributed by atoms with Gasteiger partial charge in [-0.05, 0) is 27.7 Å². The van der Waals surface area contributed by atoms with Crippen molar-refractivity contribution in [3.8, 4) is 0 Å². The number of hydrogen-bond acceptors (Lipinski definition) is 3. The van der Waals surface area contributed by atoms with Gasteiger partial charge in [0.2, 0.25) is 5.91 Å². The zero-order valence-electron chi connectivity index (χ0n) is 13.6. The molecule has 0 saturated carbocycles. The lowest BCUT2D eigenvalue weighted by Gasteiger charge is -2.15. The molecule has 1 atom stereocenters. The van der Waals surface area contributed by atoms with Crippen molar-refractivity contribution < 1.29 is 4.79 Å². The van der Waals surface area contributed by atoms with E-state index < -0.39 is 0 Å². The Morgan fingerprint density at radius 3 is 2.40 bits per heavy atom. The van der Waals surface area contributed by atoms with Gasteiger partial charge in [-0.3, -0.25) is 9.48 Å². The summed E-state index contributed by atoms with van der Waals surface area (Å²) in [6.45, 7) is 14.5. The highest BCUT2D eigenvalue weighted by atomic mass is 16.1. The van der Waals surface area contributed by atoms with Gasteiger partial charge >= 0.3 is 0 Å². The SMILES string of the molecule is CCn1nc(C)c(C(C)NCCNC(=O)C(C)C)c1C. The monoisotopic (exact) mass is 280 g/mol. The summed E-state index contributed by atoms with van der Waals surface area (Å²) in [6.07, 6.45) is 0. The van der Waals surface area contributed by atoms with Gasteiger partial charge < -0.3 is 10.6 Å². The maximum absolute atomic E-state index is 11.5. The molecule has 1 rings (SSSR count). The zero-order chi connectivity index (χ0) is 15.3. The third-order valence-electron chi connectivity index (χ3n) is 3.57. The Bertz CT molecular complexity index is 451. The van der Waals surface area contributed by atoms with E-state index in [0.29, 0.717) is 6.54 Å². The first-order valence-corrected chi connectivity index (χ1v) is 7.43. The summed E-state index contributed by atoms with van der Waals surface area (Å²) < 4.78 is 2.03. The lowest BCUT2D eigenvalue weighted by molar-refractivity contribution is -0.123. The van der Waals surface area contributed by atoms with Crippen LogP contribution in [-0.2, 0) is 11.3 Å². The van der Waals surface area contributed by atoms with Gasteiger partial charge in [-0.25, -0.2) is 0 Å². The average Bonchev–Trinajstić information content (AvgIpc) is 2.68. The lowest BCUT2D eigenvalue weighted by Crippen LogP contribution is -2.35. The molecule has 0 bridgehead atoms. The van der Waals surface area contributed by atoms with Crippen LogP contribution in [0.2, 0.25) is 0 Å². The standard InChI is InChI=1S/C15H28N4O/c1-7-19-13(6)14(12(5)18-19)11(4)16-8-9-17-15(20)10(2)3/h10-11,16H,7-9H2,1-6H3,(H,17,20). The molecule has 5 nitrogen and oxygen atoms in total. The van der Waals surface area contributed by atoms with Crippen LogP contribution in [0.5, 0.6) is 0 Å². The second-order valence-electron chi connectivity index (χ2n) is 5.52. The van der Waals surface area contributed by atoms with Gasteiger partial charge in [-0.1, -0.05) is 13.8 Å². The van der Waals surface area contributed by atoms with E-state index in [0.717, 1.165) is 18.8 Å². The Kier molecular flexibility index (Phi) is 6.20. The van der Waals surface area contributed by atoms with Crippen molar-refractivity contribution in [2.24, 2.45) is 5.92 Å². The van der Waals surface area contributed by atoms with Crippen LogP contribution in [0, 0.1) is 19.8 Å². The van der Waals surface area contributed by atoms with Crippen molar-refractivity contribution in [2.45, 2.75) is 54.1 Å². The minimum absolute atomic E-state index is 0.0414. The van der Waals surface area contributed by atoms with Gasteiger partial charge in [-0.2, -0.15) is 5.10 Å². The van der Waals surface area contributed by atoms with E-state index in [4.69, 9.17) is 0 Å². The molecule has 0 aromatic carbocycles. The summed E-state index contributed by atoms with van der Waals surface area (Å²) in [5.74, 6) is 0.144. The fourth-order valence-corrected chi connectivity index (χ4v) is 2.43. The summed E-state index contributed by atoms with van der Waals surface area (Å²) >= 11 is 0. The first kappa shape index (κ1) is 16.7. The van der Waals surface area contributed by atoms with Crippen LogP contribution in [0.25, 0.3) is 0 Å². The normalized spacial score (nSPS) is 12.8. The predicted octanol–water partition coefficient (Wildman–Crippen LogP) is 1.94. The summed E-state index contributed by atoms with van der Waals surface area (Å²) in [6, 6.07) is 0.242. The number of rotatable bonds is 7. The Balaban J connectivity index is 2.49. The fraction of sp³-hybridized carbons (Fsp3) is 0.733. The minimum Gasteiger partial charge on any atom is -0.355 e. The maximum atomic E-state index is 11.5. The average molecular weight is 280 g/mol. The molecule has 0 aliphatic heterocycles. The van der Waals surface area contributed by atoms with E-state index in [2.05, 4.69) is 36.5 Å². The van der Waals surface area contributed by atoms with Crippen LogP contribution in [0.1, 0.15) is 50.7 Å². The molecule has 1 unspecified atom stereocenters. The quantitative estimate of drug-likeness (QED) is 0.750. The Morgan fingerprint density at radius 1 is 1.25 bits per heavy atom. The molecule has 1 aromatic heterocycles.